The first-order valence-electron chi connectivity index (χ1n) is 5.27. The summed E-state index contributed by atoms with van der Waals surface area (Å²) in [5.41, 5.74) is 0.293. The lowest BCUT2D eigenvalue weighted by atomic mass is 10.1. The van der Waals surface area contributed by atoms with E-state index < -0.39 is 5.82 Å². The van der Waals surface area contributed by atoms with E-state index in [2.05, 4.69) is 21.2 Å². The number of rotatable bonds is 4. The number of carbonyl (C=O) groups excluding carboxylic acids is 1. The van der Waals surface area contributed by atoms with Crippen molar-refractivity contribution in [2.45, 2.75) is 19.9 Å². The monoisotopic (exact) mass is 321 g/mol. The van der Waals surface area contributed by atoms with Gasteiger partial charge in [0.2, 0.25) is 0 Å². The van der Waals surface area contributed by atoms with Crippen LogP contribution in [-0.2, 0) is 0 Å². The van der Waals surface area contributed by atoms with Gasteiger partial charge in [-0.2, -0.15) is 0 Å². The van der Waals surface area contributed by atoms with E-state index in [1.165, 1.54) is 12.1 Å². The van der Waals surface area contributed by atoms with Crippen LogP contribution >= 0.6 is 27.5 Å². The van der Waals surface area contributed by atoms with Crippen molar-refractivity contribution in [3.8, 4) is 0 Å². The Morgan fingerprint density at radius 3 is 2.65 bits per heavy atom. The third kappa shape index (κ3) is 3.96. The van der Waals surface area contributed by atoms with Crippen LogP contribution in [0, 0.1) is 11.7 Å². The molecular weight excluding hydrogens is 308 g/mol. The van der Waals surface area contributed by atoms with E-state index >= 15 is 0 Å². The van der Waals surface area contributed by atoms with Gasteiger partial charge in [0.1, 0.15) is 5.82 Å². The van der Waals surface area contributed by atoms with Gasteiger partial charge in [0.05, 0.1) is 4.47 Å². The minimum atomic E-state index is -0.454. The molecule has 0 heterocycles. The summed E-state index contributed by atoms with van der Waals surface area (Å²) in [5, 5.41) is 2.78. The van der Waals surface area contributed by atoms with Crippen LogP contribution in [0.2, 0.25) is 0 Å². The Bertz CT molecular complexity index is 411. The molecule has 0 spiro atoms. The van der Waals surface area contributed by atoms with Gasteiger partial charge in [0.25, 0.3) is 5.91 Å². The molecule has 0 aliphatic carbocycles. The van der Waals surface area contributed by atoms with Gasteiger partial charge < -0.3 is 5.32 Å². The zero-order chi connectivity index (χ0) is 13.0. The van der Waals surface area contributed by atoms with E-state index in [1.807, 2.05) is 13.8 Å². The van der Waals surface area contributed by atoms with Crippen molar-refractivity contribution >= 4 is 33.4 Å². The van der Waals surface area contributed by atoms with Gasteiger partial charge in [0.15, 0.2) is 0 Å². The van der Waals surface area contributed by atoms with Crippen LogP contribution < -0.4 is 5.32 Å². The first kappa shape index (κ1) is 14.5. The number of hydrogen-bond donors (Lipinski definition) is 1. The maximum absolute atomic E-state index is 13.3. The SMILES string of the molecule is CC(C)C(CCl)NC(=O)c1ccc(Br)c(F)c1. The molecule has 1 N–H and O–H groups in total. The molecule has 0 aliphatic heterocycles. The average molecular weight is 323 g/mol. The average Bonchev–Trinajstić information content (AvgIpc) is 2.28. The lowest BCUT2D eigenvalue weighted by Gasteiger charge is -2.19. The molecule has 0 bridgehead atoms. The molecule has 0 saturated heterocycles. The molecule has 0 fully saturated rings. The van der Waals surface area contributed by atoms with Crippen LogP contribution in [0.4, 0.5) is 4.39 Å². The third-order valence-corrected chi connectivity index (χ3v) is 3.44. The highest BCUT2D eigenvalue weighted by Crippen LogP contribution is 2.16. The first-order chi connectivity index (χ1) is 7.95. The number of amides is 1. The van der Waals surface area contributed by atoms with Crippen LogP contribution in [0.25, 0.3) is 0 Å². The quantitative estimate of drug-likeness (QED) is 0.844. The van der Waals surface area contributed by atoms with Gasteiger partial charge in [-0.05, 0) is 40.0 Å². The van der Waals surface area contributed by atoms with Gasteiger partial charge in [-0.1, -0.05) is 13.8 Å². The fraction of sp³-hybridized carbons (Fsp3) is 0.417. The van der Waals surface area contributed by atoms with Crippen molar-refractivity contribution in [1.82, 2.24) is 5.32 Å². The summed E-state index contributed by atoms with van der Waals surface area (Å²) >= 11 is 8.79. The normalized spacial score (nSPS) is 12.6. The zero-order valence-electron chi connectivity index (χ0n) is 9.64. The number of halogens is 3. The second kappa shape index (κ2) is 6.36. The fourth-order valence-electron chi connectivity index (χ4n) is 1.27. The molecule has 1 aromatic rings. The summed E-state index contributed by atoms with van der Waals surface area (Å²) in [4.78, 5) is 11.8. The van der Waals surface area contributed by atoms with Gasteiger partial charge in [-0.15, -0.1) is 11.6 Å². The summed E-state index contributed by atoms with van der Waals surface area (Å²) < 4.78 is 13.6. The van der Waals surface area contributed by atoms with E-state index in [0.29, 0.717) is 15.9 Å². The second-order valence-corrected chi connectivity index (χ2v) is 5.27. The fourth-order valence-corrected chi connectivity index (χ4v) is 1.95. The lowest BCUT2D eigenvalue weighted by Crippen LogP contribution is -2.39. The van der Waals surface area contributed by atoms with E-state index in [1.54, 1.807) is 6.07 Å². The van der Waals surface area contributed by atoms with Gasteiger partial charge in [-0.3, -0.25) is 4.79 Å². The predicted octanol–water partition coefficient (Wildman–Crippen LogP) is 3.58. The Labute approximate surface area is 114 Å². The third-order valence-electron chi connectivity index (χ3n) is 2.47. The van der Waals surface area contributed by atoms with Crippen molar-refractivity contribution in [3.63, 3.8) is 0 Å². The van der Waals surface area contributed by atoms with Crippen molar-refractivity contribution in [3.05, 3.63) is 34.1 Å². The number of benzene rings is 1. The lowest BCUT2D eigenvalue weighted by molar-refractivity contribution is 0.0930. The van der Waals surface area contributed by atoms with Crippen LogP contribution in [0.5, 0.6) is 0 Å². The molecule has 1 amide bonds. The van der Waals surface area contributed by atoms with Crippen LogP contribution in [-0.4, -0.2) is 17.8 Å². The standard InChI is InChI=1S/C12H14BrClFNO/c1-7(2)11(6-14)16-12(17)8-3-4-9(13)10(15)5-8/h3-5,7,11H,6H2,1-2H3,(H,16,17). The van der Waals surface area contributed by atoms with Crippen molar-refractivity contribution in [2.75, 3.05) is 5.88 Å². The van der Waals surface area contributed by atoms with Crippen LogP contribution in [0.15, 0.2) is 22.7 Å². The van der Waals surface area contributed by atoms with Crippen LogP contribution in [0.1, 0.15) is 24.2 Å². The van der Waals surface area contributed by atoms with E-state index in [-0.39, 0.29) is 17.9 Å². The van der Waals surface area contributed by atoms with Crippen molar-refractivity contribution in [1.29, 1.82) is 0 Å². The van der Waals surface area contributed by atoms with Gasteiger partial charge in [-0.25, -0.2) is 4.39 Å². The Morgan fingerprint density at radius 1 is 1.53 bits per heavy atom. The molecule has 94 valence electrons. The maximum Gasteiger partial charge on any atom is 0.251 e. The molecule has 0 aromatic heterocycles. The number of hydrogen-bond acceptors (Lipinski definition) is 1. The molecule has 0 saturated carbocycles. The zero-order valence-corrected chi connectivity index (χ0v) is 12.0. The summed E-state index contributed by atoms with van der Waals surface area (Å²) in [5.74, 6) is -0.195. The first-order valence-corrected chi connectivity index (χ1v) is 6.60. The number of nitrogens with one attached hydrogen (secondary N) is 1. The highest BCUT2D eigenvalue weighted by Gasteiger charge is 2.16. The van der Waals surface area contributed by atoms with Gasteiger partial charge >= 0.3 is 0 Å². The maximum atomic E-state index is 13.3. The minimum absolute atomic E-state index is 0.115. The Balaban J connectivity index is 2.79. The highest BCUT2D eigenvalue weighted by atomic mass is 79.9. The second-order valence-electron chi connectivity index (χ2n) is 4.11. The summed E-state index contributed by atoms with van der Waals surface area (Å²) in [6.07, 6.45) is 0. The molecule has 5 heteroatoms. The molecule has 1 atom stereocenters. The molecule has 1 rings (SSSR count). The van der Waals surface area contributed by atoms with E-state index in [9.17, 15) is 9.18 Å². The Kier molecular flexibility index (Phi) is 5.40. The number of alkyl halides is 1. The number of carbonyl (C=O) groups is 1. The molecular formula is C12H14BrClFNO. The molecule has 0 aliphatic rings. The predicted molar refractivity (Wildman–Crippen MR) is 70.9 cm³/mol. The molecule has 1 unspecified atom stereocenters. The van der Waals surface area contributed by atoms with Gasteiger partial charge in [0, 0.05) is 17.5 Å². The minimum Gasteiger partial charge on any atom is -0.348 e. The van der Waals surface area contributed by atoms with Crippen molar-refractivity contribution < 1.29 is 9.18 Å². The highest BCUT2D eigenvalue weighted by molar-refractivity contribution is 9.10. The smallest absolute Gasteiger partial charge is 0.251 e. The van der Waals surface area contributed by atoms with Crippen LogP contribution in [0.3, 0.4) is 0 Å². The molecule has 17 heavy (non-hydrogen) atoms. The Morgan fingerprint density at radius 2 is 2.18 bits per heavy atom. The summed E-state index contributed by atoms with van der Waals surface area (Å²) in [7, 11) is 0. The summed E-state index contributed by atoms with van der Waals surface area (Å²) in [6.45, 7) is 3.94. The van der Waals surface area contributed by atoms with E-state index in [0.717, 1.165) is 0 Å². The van der Waals surface area contributed by atoms with Crippen molar-refractivity contribution in [2.24, 2.45) is 5.92 Å². The summed E-state index contributed by atoms with van der Waals surface area (Å²) in [6, 6.07) is 4.16. The van der Waals surface area contributed by atoms with E-state index in [4.69, 9.17) is 11.6 Å². The molecule has 2 nitrogen and oxygen atoms in total. The largest absolute Gasteiger partial charge is 0.348 e. The topological polar surface area (TPSA) is 29.1 Å². The molecule has 1 aromatic carbocycles. The molecule has 0 radical (unpaired) electrons. The Hall–Kier alpha value is -0.610.